The summed E-state index contributed by atoms with van der Waals surface area (Å²) in [6.45, 7) is 2.36. The number of rotatable bonds is 4. The van der Waals surface area contributed by atoms with E-state index < -0.39 is 0 Å². The number of anilines is 1. The van der Waals surface area contributed by atoms with Crippen molar-refractivity contribution in [1.29, 1.82) is 0 Å². The number of amides is 1. The Kier molecular flexibility index (Phi) is 6.38. The molecule has 23 heavy (non-hydrogen) atoms. The molecule has 0 bridgehead atoms. The Bertz CT molecular complexity index is 638. The van der Waals surface area contributed by atoms with Gasteiger partial charge in [0.1, 0.15) is 6.33 Å². The smallest absolute Gasteiger partial charge is 0.248 e. The van der Waals surface area contributed by atoms with E-state index in [1.807, 2.05) is 24.3 Å². The largest absolute Gasteiger partial charge is 0.317 e. The number of hydrogen-bond acceptors (Lipinski definition) is 4. The summed E-state index contributed by atoms with van der Waals surface area (Å²) in [4.78, 5) is 16.3. The van der Waals surface area contributed by atoms with Gasteiger partial charge in [0.2, 0.25) is 11.9 Å². The summed E-state index contributed by atoms with van der Waals surface area (Å²) in [6.07, 6.45) is 3.33. The summed E-state index contributed by atoms with van der Waals surface area (Å²) in [5, 5.41) is 11.0. The van der Waals surface area contributed by atoms with E-state index in [1.165, 1.54) is 0 Å². The zero-order valence-electron chi connectivity index (χ0n) is 12.5. The van der Waals surface area contributed by atoms with Gasteiger partial charge in [-0.1, -0.05) is 23.7 Å². The van der Waals surface area contributed by atoms with Gasteiger partial charge in [-0.25, -0.2) is 9.67 Å². The fraction of sp³-hybridized carbons (Fsp3) is 0.400. The van der Waals surface area contributed by atoms with E-state index in [-0.39, 0.29) is 24.2 Å². The molecule has 0 radical (unpaired) electrons. The molecule has 6 nitrogen and oxygen atoms in total. The van der Waals surface area contributed by atoms with E-state index in [0.717, 1.165) is 31.5 Å². The monoisotopic (exact) mass is 355 g/mol. The third-order valence-corrected chi connectivity index (χ3v) is 3.99. The summed E-state index contributed by atoms with van der Waals surface area (Å²) < 4.78 is 1.70. The van der Waals surface area contributed by atoms with Crippen molar-refractivity contribution in [3.05, 3.63) is 41.2 Å². The minimum Gasteiger partial charge on any atom is -0.317 e. The molecule has 0 atom stereocenters. The quantitative estimate of drug-likeness (QED) is 0.882. The number of nitrogens with one attached hydrogen (secondary N) is 2. The van der Waals surface area contributed by atoms with Crippen molar-refractivity contribution >= 4 is 35.9 Å². The topological polar surface area (TPSA) is 71.8 Å². The van der Waals surface area contributed by atoms with Crippen LogP contribution in [0.15, 0.2) is 30.6 Å². The van der Waals surface area contributed by atoms with Crippen molar-refractivity contribution in [1.82, 2.24) is 20.1 Å². The fourth-order valence-corrected chi connectivity index (χ4v) is 2.63. The highest BCUT2D eigenvalue weighted by Crippen LogP contribution is 2.14. The van der Waals surface area contributed by atoms with Crippen LogP contribution in [0.4, 0.5) is 5.95 Å². The second-order valence-electron chi connectivity index (χ2n) is 5.41. The Balaban J connectivity index is 0.00000192. The van der Waals surface area contributed by atoms with Crippen molar-refractivity contribution in [3.63, 3.8) is 0 Å². The molecule has 124 valence electrons. The highest BCUT2D eigenvalue weighted by molar-refractivity contribution is 6.30. The molecule has 3 rings (SSSR count). The van der Waals surface area contributed by atoms with Gasteiger partial charge in [0.05, 0.1) is 6.54 Å². The number of nitrogens with zero attached hydrogens (tertiary/aromatic N) is 3. The molecule has 8 heteroatoms. The van der Waals surface area contributed by atoms with Gasteiger partial charge >= 0.3 is 0 Å². The first-order valence-corrected chi connectivity index (χ1v) is 7.74. The van der Waals surface area contributed by atoms with Gasteiger partial charge in [-0.2, -0.15) is 0 Å². The zero-order chi connectivity index (χ0) is 15.4. The maximum Gasteiger partial charge on any atom is 0.248 e. The maximum atomic E-state index is 12.1. The molecule has 0 spiro atoms. The fourth-order valence-electron chi connectivity index (χ4n) is 2.50. The van der Waals surface area contributed by atoms with Crippen LogP contribution in [0.25, 0.3) is 0 Å². The summed E-state index contributed by atoms with van der Waals surface area (Å²) in [7, 11) is 0. The van der Waals surface area contributed by atoms with Crippen LogP contribution in [0.5, 0.6) is 0 Å². The molecule has 0 unspecified atom stereocenters. The lowest BCUT2D eigenvalue weighted by Gasteiger charge is -2.20. The van der Waals surface area contributed by atoms with Crippen LogP contribution < -0.4 is 10.6 Å². The molecule has 1 aromatic heterocycles. The van der Waals surface area contributed by atoms with Gasteiger partial charge in [0.25, 0.3) is 0 Å². The van der Waals surface area contributed by atoms with Gasteiger partial charge in [0.15, 0.2) is 0 Å². The molecule has 1 saturated heterocycles. The Hall–Kier alpha value is -1.63. The minimum atomic E-state index is 0. The molecule has 0 saturated carbocycles. The van der Waals surface area contributed by atoms with Gasteiger partial charge in [-0.15, -0.1) is 17.5 Å². The van der Waals surface area contributed by atoms with E-state index in [2.05, 4.69) is 20.7 Å². The number of halogens is 2. The van der Waals surface area contributed by atoms with E-state index in [9.17, 15) is 4.79 Å². The predicted molar refractivity (Wildman–Crippen MR) is 92.0 cm³/mol. The van der Waals surface area contributed by atoms with Crippen molar-refractivity contribution in [2.45, 2.75) is 19.4 Å². The molecule has 2 heterocycles. The number of piperidine rings is 1. The Morgan fingerprint density at radius 3 is 2.70 bits per heavy atom. The lowest BCUT2D eigenvalue weighted by Crippen LogP contribution is -2.34. The van der Waals surface area contributed by atoms with Gasteiger partial charge in [0, 0.05) is 10.9 Å². The van der Waals surface area contributed by atoms with Crippen LogP contribution >= 0.6 is 24.0 Å². The minimum absolute atomic E-state index is 0. The summed E-state index contributed by atoms with van der Waals surface area (Å²) >= 11 is 5.86. The average Bonchev–Trinajstić information content (AvgIpc) is 2.97. The summed E-state index contributed by atoms with van der Waals surface area (Å²) in [5.74, 6) is 0.410. The second-order valence-corrected chi connectivity index (χ2v) is 5.84. The SMILES string of the molecule is Cl.O=C(Nc1ncn(Cc2ccc(Cl)cc2)n1)C1CCNCC1. The van der Waals surface area contributed by atoms with Gasteiger partial charge < -0.3 is 5.32 Å². The Morgan fingerprint density at radius 1 is 1.30 bits per heavy atom. The first kappa shape index (κ1) is 17.7. The lowest BCUT2D eigenvalue weighted by molar-refractivity contribution is -0.120. The van der Waals surface area contributed by atoms with Crippen LogP contribution in [-0.4, -0.2) is 33.8 Å². The standard InChI is InChI=1S/C15H18ClN5O.ClH/c16-13-3-1-11(2-4-13)9-21-10-18-15(20-21)19-14(22)12-5-7-17-8-6-12;/h1-4,10,12,17H,5-9H2,(H,19,20,22);1H. The normalized spacial score (nSPS) is 15.0. The number of hydrogen-bond donors (Lipinski definition) is 2. The van der Waals surface area contributed by atoms with Crippen LogP contribution in [0.1, 0.15) is 18.4 Å². The Labute approximate surface area is 146 Å². The highest BCUT2D eigenvalue weighted by atomic mass is 35.5. The zero-order valence-corrected chi connectivity index (χ0v) is 14.1. The predicted octanol–water partition coefficient (Wildman–Crippen LogP) is 2.34. The van der Waals surface area contributed by atoms with Crippen LogP contribution in [0.3, 0.4) is 0 Å². The van der Waals surface area contributed by atoms with Gasteiger partial charge in [-0.05, 0) is 43.6 Å². The number of carbonyl (C=O) groups excluding carboxylic acids is 1. The molecule has 2 N–H and O–H groups in total. The maximum absolute atomic E-state index is 12.1. The summed E-state index contributed by atoms with van der Waals surface area (Å²) in [6, 6.07) is 7.57. The molecule has 2 aromatic rings. The third-order valence-electron chi connectivity index (χ3n) is 3.74. The number of benzene rings is 1. The first-order chi connectivity index (χ1) is 10.7. The average molecular weight is 356 g/mol. The molecular weight excluding hydrogens is 337 g/mol. The van der Waals surface area contributed by atoms with E-state index >= 15 is 0 Å². The molecule has 1 amide bonds. The van der Waals surface area contributed by atoms with Crippen LogP contribution in [-0.2, 0) is 11.3 Å². The summed E-state index contributed by atoms with van der Waals surface area (Å²) in [5.41, 5.74) is 1.07. The Morgan fingerprint density at radius 2 is 2.00 bits per heavy atom. The van der Waals surface area contributed by atoms with E-state index in [1.54, 1.807) is 11.0 Å². The lowest BCUT2D eigenvalue weighted by atomic mass is 9.97. The van der Waals surface area contributed by atoms with Crippen molar-refractivity contribution in [2.24, 2.45) is 5.92 Å². The number of aromatic nitrogens is 3. The second kappa shape index (κ2) is 8.29. The van der Waals surface area contributed by atoms with E-state index in [0.29, 0.717) is 17.5 Å². The van der Waals surface area contributed by atoms with Crippen LogP contribution in [0, 0.1) is 5.92 Å². The third kappa shape index (κ3) is 4.92. The van der Waals surface area contributed by atoms with Crippen molar-refractivity contribution in [2.75, 3.05) is 18.4 Å². The molecule has 1 aliphatic heterocycles. The number of carbonyl (C=O) groups is 1. The van der Waals surface area contributed by atoms with Crippen molar-refractivity contribution < 1.29 is 4.79 Å². The first-order valence-electron chi connectivity index (χ1n) is 7.36. The van der Waals surface area contributed by atoms with Gasteiger partial charge in [-0.3, -0.25) is 10.1 Å². The van der Waals surface area contributed by atoms with E-state index in [4.69, 9.17) is 11.6 Å². The molecule has 1 fully saturated rings. The van der Waals surface area contributed by atoms with Crippen LogP contribution in [0.2, 0.25) is 5.02 Å². The molecule has 1 aliphatic rings. The molecular formula is C15H19Cl2N5O. The molecule has 1 aromatic carbocycles. The highest BCUT2D eigenvalue weighted by Gasteiger charge is 2.21. The van der Waals surface area contributed by atoms with Crippen molar-refractivity contribution in [3.8, 4) is 0 Å². The molecule has 0 aliphatic carbocycles.